The molecule has 4 fully saturated rings. The number of rotatable bonds is 8. The molecule has 0 bridgehead atoms. The van der Waals surface area contributed by atoms with E-state index in [0.717, 1.165) is 4.90 Å². The van der Waals surface area contributed by atoms with E-state index in [1.165, 1.54) is 37.4 Å². The molecule has 17 heteroatoms. The monoisotopic (exact) mass is 634 g/mol. The molecule has 0 saturated carbocycles. The quantitative estimate of drug-likeness (QED) is 0.108. The number of ether oxygens (including phenoxy) is 2. The lowest BCUT2D eigenvalue weighted by atomic mass is 9.95. The van der Waals surface area contributed by atoms with Gasteiger partial charge in [0.1, 0.15) is 34.9 Å². The summed E-state index contributed by atoms with van der Waals surface area (Å²) in [4.78, 5) is 69.7. The zero-order valence-corrected chi connectivity index (χ0v) is 25.5. The fourth-order valence-corrected chi connectivity index (χ4v) is 9.75. The van der Waals surface area contributed by atoms with Gasteiger partial charge < -0.3 is 24.6 Å². The summed E-state index contributed by atoms with van der Waals surface area (Å²) in [5, 5.41) is 4.48. The van der Waals surface area contributed by atoms with E-state index in [0.29, 0.717) is 5.56 Å². The predicted octanol–water partition coefficient (Wildman–Crippen LogP) is 1.15. The Labute approximate surface area is 251 Å². The lowest BCUT2D eigenvalue weighted by Gasteiger charge is -2.44. The summed E-state index contributed by atoms with van der Waals surface area (Å²) >= 11 is 1.27. The fourth-order valence-electron chi connectivity index (χ4n) is 6.01. The maximum atomic E-state index is 13.3. The highest BCUT2D eigenvalue weighted by Crippen LogP contribution is 2.51. The minimum atomic E-state index is -3.83. The van der Waals surface area contributed by atoms with Crippen molar-refractivity contribution in [3.8, 4) is 0 Å². The van der Waals surface area contributed by atoms with Crippen molar-refractivity contribution in [2.45, 2.75) is 91.7 Å². The highest BCUT2D eigenvalue weighted by molar-refractivity contribution is 8.01. The Hall–Kier alpha value is -3.82. The second-order valence-corrected chi connectivity index (χ2v) is 16.2. The maximum absolute atomic E-state index is 13.3. The molecule has 5 rings (SSSR count). The van der Waals surface area contributed by atoms with Crippen LogP contribution in [0.2, 0.25) is 0 Å². The first kappa shape index (κ1) is 30.6. The van der Waals surface area contributed by atoms with Gasteiger partial charge in [0, 0.05) is 16.6 Å². The number of nitrogens with one attached hydrogen (secondary N) is 1. The number of azide groups is 1. The first-order valence-electron chi connectivity index (χ1n) is 13.4. The second kappa shape index (κ2) is 10.4. The smallest absolute Gasteiger partial charge is 0.333 e. The van der Waals surface area contributed by atoms with Gasteiger partial charge in [0.25, 0.3) is 0 Å². The molecule has 2 unspecified atom stereocenters. The van der Waals surface area contributed by atoms with Gasteiger partial charge in [0.2, 0.25) is 24.0 Å². The maximum Gasteiger partial charge on any atom is 0.333 e. The third-order valence-electron chi connectivity index (χ3n) is 8.26. The van der Waals surface area contributed by atoms with Gasteiger partial charge in [0.15, 0.2) is 9.84 Å². The van der Waals surface area contributed by atoms with Gasteiger partial charge in [-0.1, -0.05) is 35.4 Å². The fraction of sp³-hybridized carbons (Fsp3) is 0.577. The van der Waals surface area contributed by atoms with Crippen LogP contribution in [-0.2, 0) is 43.3 Å². The Balaban J connectivity index is 1.24. The summed E-state index contributed by atoms with van der Waals surface area (Å²) < 4.78 is 33.8. The molecule has 3 amide bonds. The van der Waals surface area contributed by atoms with Crippen LogP contribution in [0.25, 0.3) is 10.4 Å². The molecule has 4 heterocycles. The predicted molar refractivity (Wildman–Crippen MR) is 150 cm³/mol. The molecule has 15 nitrogen and oxygen atoms in total. The third kappa shape index (κ3) is 4.69. The Morgan fingerprint density at radius 3 is 2.26 bits per heavy atom. The summed E-state index contributed by atoms with van der Waals surface area (Å²) in [6, 6.07) is 3.64. The van der Waals surface area contributed by atoms with Crippen LogP contribution >= 0.6 is 11.8 Å². The highest BCUT2D eigenvalue weighted by atomic mass is 32.2. The molecule has 7 atom stereocenters. The molecule has 4 saturated heterocycles. The summed E-state index contributed by atoms with van der Waals surface area (Å²) in [6.07, 6.45) is -1.67. The number of esters is 2. The van der Waals surface area contributed by atoms with Crippen LogP contribution < -0.4 is 5.32 Å². The molecule has 230 valence electrons. The van der Waals surface area contributed by atoms with Gasteiger partial charge in [-0.3, -0.25) is 14.4 Å². The summed E-state index contributed by atoms with van der Waals surface area (Å²) in [5.41, 5.74) is 9.41. The number of carbonyl (C=O) groups excluding carboxylic acids is 5. The standard InChI is InChI=1S/C26H30N6O9S2/c1-12(41-24(37)19-26(4,5)43(38,39)15-11-14(33)31(15)19)40-23(36)18-25(2,3)42-22-17(21(35)32(18)22)28-20(34)16(29-30-27)13-9-7-6-8-10-13/h6-10,12,15-19,22H,11H2,1-5H3,(H,28,34)/t12?,15-,16?,17-,18+,19+,22-/m1/s1. The average molecular weight is 635 g/mol. The van der Waals surface area contributed by atoms with Crippen LogP contribution in [0.3, 0.4) is 0 Å². The van der Waals surface area contributed by atoms with Gasteiger partial charge in [-0.25, -0.2) is 18.0 Å². The van der Waals surface area contributed by atoms with Crippen LogP contribution in [0.4, 0.5) is 0 Å². The zero-order chi connectivity index (χ0) is 31.6. The van der Waals surface area contributed by atoms with Crippen LogP contribution in [0.5, 0.6) is 0 Å². The van der Waals surface area contributed by atoms with Crippen LogP contribution in [0.1, 0.15) is 52.6 Å². The number of carbonyl (C=O) groups is 5. The van der Waals surface area contributed by atoms with Crippen molar-refractivity contribution in [2.75, 3.05) is 0 Å². The molecular weight excluding hydrogens is 604 g/mol. The van der Waals surface area contributed by atoms with Crippen LogP contribution in [-0.4, -0.2) is 92.5 Å². The minimum Gasteiger partial charge on any atom is -0.424 e. The van der Waals surface area contributed by atoms with Gasteiger partial charge in [-0.2, -0.15) is 0 Å². The van der Waals surface area contributed by atoms with Gasteiger partial charge in [0.05, 0.1) is 11.2 Å². The van der Waals surface area contributed by atoms with E-state index < -0.39 is 90.2 Å². The Kier molecular flexibility index (Phi) is 7.42. The molecule has 43 heavy (non-hydrogen) atoms. The van der Waals surface area contributed by atoms with Gasteiger partial charge >= 0.3 is 11.9 Å². The number of fused-ring (bicyclic) bond motifs is 2. The summed E-state index contributed by atoms with van der Waals surface area (Å²) in [5.74, 6) is -3.61. The lowest BCUT2D eigenvalue weighted by molar-refractivity contribution is -0.196. The molecule has 4 aliphatic rings. The molecular formula is C26H30N6O9S2. The second-order valence-electron chi connectivity index (χ2n) is 11.7. The van der Waals surface area contributed by atoms with Crippen molar-refractivity contribution >= 4 is 51.3 Å². The largest absolute Gasteiger partial charge is 0.424 e. The van der Waals surface area contributed by atoms with Gasteiger partial charge in [-0.05, 0) is 38.8 Å². The minimum absolute atomic E-state index is 0.209. The molecule has 0 aromatic heterocycles. The van der Waals surface area contributed by atoms with E-state index in [-0.39, 0.29) is 6.42 Å². The van der Waals surface area contributed by atoms with E-state index in [1.54, 1.807) is 44.2 Å². The van der Waals surface area contributed by atoms with Crippen molar-refractivity contribution in [2.24, 2.45) is 5.11 Å². The van der Waals surface area contributed by atoms with Crippen molar-refractivity contribution < 1.29 is 41.9 Å². The number of amides is 3. The zero-order valence-electron chi connectivity index (χ0n) is 23.9. The molecule has 0 radical (unpaired) electrons. The van der Waals surface area contributed by atoms with Crippen molar-refractivity contribution in [3.05, 3.63) is 46.3 Å². The topological polar surface area (TPSA) is 205 Å². The van der Waals surface area contributed by atoms with E-state index in [9.17, 15) is 32.4 Å². The van der Waals surface area contributed by atoms with Crippen LogP contribution in [0.15, 0.2) is 35.4 Å². The highest BCUT2D eigenvalue weighted by Gasteiger charge is 2.68. The Bertz CT molecular complexity index is 1560. The number of nitrogens with zero attached hydrogens (tertiary/aromatic N) is 5. The molecule has 1 aromatic carbocycles. The van der Waals surface area contributed by atoms with Crippen molar-refractivity contribution in [3.63, 3.8) is 0 Å². The normalized spacial score (nSPS) is 30.4. The summed E-state index contributed by atoms with van der Waals surface area (Å²) in [7, 11) is -3.83. The average Bonchev–Trinajstić information content (AvgIpc) is 3.25. The first-order valence-corrected chi connectivity index (χ1v) is 15.8. The molecule has 0 aliphatic carbocycles. The van der Waals surface area contributed by atoms with Crippen LogP contribution in [0, 0.1) is 0 Å². The summed E-state index contributed by atoms with van der Waals surface area (Å²) in [6.45, 7) is 7.40. The number of hydrogen-bond donors (Lipinski definition) is 1. The number of thioether (sulfide) groups is 1. The molecule has 1 N–H and O–H groups in total. The molecule has 1 aromatic rings. The molecule has 0 spiro atoms. The lowest BCUT2D eigenvalue weighted by Crippen LogP contribution is -2.71. The van der Waals surface area contributed by atoms with E-state index >= 15 is 0 Å². The Morgan fingerprint density at radius 2 is 1.67 bits per heavy atom. The first-order chi connectivity index (χ1) is 20.0. The van der Waals surface area contributed by atoms with E-state index in [4.69, 9.17) is 15.0 Å². The number of sulfone groups is 1. The third-order valence-corrected chi connectivity index (χ3v) is 12.6. The van der Waals surface area contributed by atoms with Crippen molar-refractivity contribution in [1.29, 1.82) is 0 Å². The van der Waals surface area contributed by atoms with Gasteiger partial charge in [-0.15, -0.1) is 11.8 Å². The number of β-lactam (4-membered cyclic amide) rings is 2. The van der Waals surface area contributed by atoms with Crippen molar-refractivity contribution in [1.82, 2.24) is 15.1 Å². The van der Waals surface area contributed by atoms with E-state index in [1.807, 2.05) is 0 Å². The Morgan fingerprint density at radius 1 is 1.07 bits per heavy atom. The number of hydrogen-bond acceptors (Lipinski definition) is 11. The molecule has 4 aliphatic heterocycles. The number of benzene rings is 1. The SMILES string of the molecule is CC(OC(=O)[C@@H]1N2C(=O)[C@@H](NC(=O)C(N=[N+]=[N-])c3ccccc3)[C@H]2SC1(C)C)OC(=O)[C@@H]1N2C(=O)C[C@H]2S(=O)(=O)C1(C)C. The van der Waals surface area contributed by atoms with E-state index in [2.05, 4.69) is 15.3 Å².